The Labute approximate surface area is 225 Å². The number of piperidine rings is 1. The maximum absolute atomic E-state index is 13.6. The highest BCUT2D eigenvalue weighted by Gasteiger charge is 2.33. The van der Waals surface area contributed by atoms with E-state index in [1.807, 2.05) is 47.4 Å². The van der Waals surface area contributed by atoms with Crippen LogP contribution in [0.15, 0.2) is 71.8 Å². The van der Waals surface area contributed by atoms with Gasteiger partial charge in [0.25, 0.3) is 5.56 Å². The molecule has 2 saturated heterocycles. The molecule has 0 bridgehead atoms. The summed E-state index contributed by atoms with van der Waals surface area (Å²) in [6.45, 7) is 3.91. The number of pyridine rings is 1. The molecule has 0 unspecified atom stereocenters. The Morgan fingerprint density at radius 1 is 0.921 bits per heavy atom. The van der Waals surface area contributed by atoms with Gasteiger partial charge in [0.1, 0.15) is 5.69 Å². The highest BCUT2D eigenvalue weighted by Crippen LogP contribution is 2.37. The number of hydrogen-bond acceptors (Lipinski definition) is 6. The van der Waals surface area contributed by atoms with Crippen molar-refractivity contribution in [2.24, 2.45) is 5.92 Å². The van der Waals surface area contributed by atoms with Gasteiger partial charge in [-0.2, -0.15) is 0 Å². The first-order valence-corrected chi connectivity index (χ1v) is 13.4. The van der Waals surface area contributed by atoms with Gasteiger partial charge >= 0.3 is 0 Å². The van der Waals surface area contributed by atoms with Crippen LogP contribution < -0.4 is 15.4 Å². The molecule has 1 N–H and O–H groups in total. The van der Waals surface area contributed by atoms with E-state index in [0.29, 0.717) is 49.4 Å². The minimum Gasteiger partial charge on any atom is -0.366 e. The van der Waals surface area contributed by atoms with Gasteiger partial charge in [0.15, 0.2) is 0 Å². The van der Waals surface area contributed by atoms with Gasteiger partial charge in [0.2, 0.25) is 11.9 Å². The van der Waals surface area contributed by atoms with Crippen LogP contribution in [-0.4, -0.2) is 65.0 Å². The summed E-state index contributed by atoms with van der Waals surface area (Å²) in [6, 6.07) is 17.3. The van der Waals surface area contributed by atoms with E-state index in [0.717, 1.165) is 41.4 Å². The van der Waals surface area contributed by atoms with E-state index >= 15 is 0 Å². The second-order valence-electron chi connectivity index (χ2n) is 9.88. The second-order valence-corrected chi connectivity index (χ2v) is 10.3. The Hall–Kier alpha value is -3.91. The van der Waals surface area contributed by atoms with Crippen LogP contribution in [0, 0.1) is 5.92 Å². The number of H-pyrrole nitrogens is 1. The molecule has 0 aliphatic carbocycles. The zero-order valence-corrected chi connectivity index (χ0v) is 21.8. The van der Waals surface area contributed by atoms with Crippen molar-refractivity contribution in [1.29, 1.82) is 0 Å². The molecule has 194 valence electrons. The summed E-state index contributed by atoms with van der Waals surface area (Å²) < 4.78 is 0. The molecule has 4 heterocycles. The van der Waals surface area contributed by atoms with Gasteiger partial charge in [0, 0.05) is 73.2 Å². The van der Waals surface area contributed by atoms with Gasteiger partial charge in [-0.1, -0.05) is 41.9 Å². The van der Waals surface area contributed by atoms with Crippen LogP contribution in [0.5, 0.6) is 0 Å². The number of anilines is 2. The predicted octanol–water partition coefficient (Wildman–Crippen LogP) is 4.20. The van der Waals surface area contributed by atoms with E-state index in [4.69, 9.17) is 11.6 Å². The molecule has 0 saturated carbocycles. The minimum absolute atomic E-state index is 0.150. The second kappa shape index (κ2) is 10.5. The molecule has 38 heavy (non-hydrogen) atoms. The van der Waals surface area contributed by atoms with Crippen molar-refractivity contribution in [2.75, 3.05) is 49.1 Å². The number of carbonyl (C=O) groups is 1. The number of amides is 1. The number of rotatable bonds is 4. The van der Waals surface area contributed by atoms with Gasteiger partial charge in [-0.05, 0) is 42.7 Å². The Morgan fingerprint density at radius 2 is 1.68 bits per heavy atom. The molecular weight excluding hydrogens is 500 g/mol. The summed E-state index contributed by atoms with van der Waals surface area (Å²) in [5.41, 5.74) is 3.01. The summed E-state index contributed by atoms with van der Waals surface area (Å²) >= 11 is 6.39. The van der Waals surface area contributed by atoms with E-state index in [-0.39, 0.29) is 17.4 Å². The molecule has 1 atom stereocenters. The molecule has 2 fully saturated rings. The van der Waals surface area contributed by atoms with Gasteiger partial charge < -0.3 is 19.7 Å². The summed E-state index contributed by atoms with van der Waals surface area (Å²) in [4.78, 5) is 45.0. The molecule has 4 aromatic rings. The van der Waals surface area contributed by atoms with Crippen LogP contribution >= 0.6 is 11.6 Å². The monoisotopic (exact) mass is 528 g/mol. The van der Waals surface area contributed by atoms with Crippen molar-refractivity contribution in [3.05, 3.63) is 82.4 Å². The van der Waals surface area contributed by atoms with Gasteiger partial charge in [0.05, 0.1) is 5.92 Å². The maximum atomic E-state index is 13.6. The molecule has 8 nitrogen and oxygen atoms in total. The zero-order valence-electron chi connectivity index (χ0n) is 21.0. The van der Waals surface area contributed by atoms with Crippen LogP contribution in [0.25, 0.3) is 22.0 Å². The Morgan fingerprint density at radius 3 is 2.45 bits per heavy atom. The fraction of sp³-hybridized carbons (Fsp3) is 0.310. The Kier molecular flexibility index (Phi) is 6.72. The van der Waals surface area contributed by atoms with Crippen molar-refractivity contribution in [1.82, 2.24) is 19.9 Å². The van der Waals surface area contributed by atoms with Crippen molar-refractivity contribution in [2.45, 2.75) is 12.8 Å². The molecule has 6 rings (SSSR count). The first-order chi connectivity index (χ1) is 18.6. The minimum atomic E-state index is -0.165. The molecule has 1 amide bonds. The van der Waals surface area contributed by atoms with Crippen molar-refractivity contribution in [3.63, 3.8) is 0 Å². The number of nitrogens with one attached hydrogen (secondary N) is 1. The zero-order chi connectivity index (χ0) is 26.1. The number of benzene rings is 2. The standard InChI is InChI=1S/C29H29ClN6O2/c30-22-9-10-24-23(18-22)25(20-6-2-1-3-7-20)26(27(37)33-24)36-13-4-8-21(19-36)28(38)34-14-16-35(17-15-34)29-31-11-5-12-32-29/h1-3,5-7,9-12,18,21H,4,8,13-17,19H2,(H,33,37)/t21-/m0/s1. The maximum Gasteiger partial charge on any atom is 0.272 e. The summed E-state index contributed by atoms with van der Waals surface area (Å²) in [6.07, 6.45) is 5.13. The molecule has 0 spiro atoms. The summed E-state index contributed by atoms with van der Waals surface area (Å²) in [5.74, 6) is 0.693. The van der Waals surface area contributed by atoms with Crippen LogP contribution in [0.1, 0.15) is 12.8 Å². The SMILES string of the molecule is O=C([C@H]1CCCN(c2c(-c3ccccc3)c3cc(Cl)ccc3[nH]c2=O)C1)N1CCN(c2ncccn2)CC1. The number of nitrogens with zero attached hydrogens (tertiary/aromatic N) is 5. The largest absolute Gasteiger partial charge is 0.366 e. The first kappa shape index (κ1) is 24.4. The lowest BCUT2D eigenvalue weighted by atomic mass is 9.93. The predicted molar refractivity (Wildman–Crippen MR) is 151 cm³/mol. The number of fused-ring (bicyclic) bond motifs is 1. The lowest BCUT2D eigenvalue weighted by Gasteiger charge is -2.39. The van der Waals surface area contributed by atoms with Crippen LogP contribution in [-0.2, 0) is 4.79 Å². The lowest BCUT2D eigenvalue weighted by molar-refractivity contribution is -0.136. The highest BCUT2D eigenvalue weighted by atomic mass is 35.5. The number of hydrogen-bond donors (Lipinski definition) is 1. The third kappa shape index (κ3) is 4.72. The number of piperazine rings is 1. The van der Waals surface area contributed by atoms with Crippen LogP contribution in [0.4, 0.5) is 11.6 Å². The number of halogens is 1. The highest BCUT2D eigenvalue weighted by molar-refractivity contribution is 6.31. The molecular formula is C29H29ClN6O2. The molecule has 2 aromatic heterocycles. The van der Waals surface area contributed by atoms with E-state index in [2.05, 4.69) is 24.8 Å². The number of carbonyl (C=O) groups excluding carboxylic acids is 1. The molecule has 2 aromatic carbocycles. The Balaban J connectivity index is 1.27. The fourth-order valence-corrected chi connectivity index (χ4v) is 5.85. The molecule has 0 radical (unpaired) electrons. The van der Waals surface area contributed by atoms with Gasteiger partial charge in [-0.15, -0.1) is 0 Å². The van der Waals surface area contributed by atoms with Gasteiger partial charge in [-0.3, -0.25) is 9.59 Å². The topological polar surface area (TPSA) is 85.4 Å². The molecule has 2 aliphatic rings. The smallest absolute Gasteiger partial charge is 0.272 e. The third-order valence-electron chi connectivity index (χ3n) is 7.53. The average Bonchev–Trinajstić information content (AvgIpc) is 2.97. The third-order valence-corrected chi connectivity index (χ3v) is 7.76. The van der Waals surface area contributed by atoms with Crippen LogP contribution in [0.3, 0.4) is 0 Å². The van der Waals surface area contributed by atoms with Gasteiger partial charge in [-0.25, -0.2) is 9.97 Å². The van der Waals surface area contributed by atoms with E-state index in [1.165, 1.54) is 0 Å². The van der Waals surface area contributed by atoms with Crippen molar-refractivity contribution < 1.29 is 4.79 Å². The lowest BCUT2D eigenvalue weighted by Crippen LogP contribution is -2.53. The first-order valence-electron chi connectivity index (χ1n) is 13.0. The summed E-state index contributed by atoms with van der Waals surface area (Å²) in [7, 11) is 0. The molecule has 9 heteroatoms. The van der Waals surface area contributed by atoms with Crippen molar-refractivity contribution in [3.8, 4) is 11.1 Å². The van der Waals surface area contributed by atoms with Crippen LogP contribution in [0.2, 0.25) is 5.02 Å². The van der Waals surface area contributed by atoms with E-state index in [1.54, 1.807) is 24.5 Å². The number of aromatic nitrogens is 3. The summed E-state index contributed by atoms with van der Waals surface area (Å²) in [5, 5.41) is 1.51. The van der Waals surface area contributed by atoms with Crippen molar-refractivity contribution >= 4 is 40.0 Å². The number of aromatic amines is 1. The van der Waals surface area contributed by atoms with E-state index < -0.39 is 0 Å². The molecule has 2 aliphatic heterocycles. The quantitative estimate of drug-likeness (QED) is 0.427. The Bertz CT molecular complexity index is 1500. The average molecular weight is 529 g/mol. The fourth-order valence-electron chi connectivity index (χ4n) is 5.68. The normalized spacial score (nSPS) is 18.1. The van der Waals surface area contributed by atoms with E-state index in [9.17, 15) is 9.59 Å².